The van der Waals surface area contributed by atoms with Crippen LogP contribution in [-0.2, 0) is 11.3 Å². The summed E-state index contributed by atoms with van der Waals surface area (Å²) >= 11 is 0. The van der Waals surface area contributed by atoms with E-state index in [4.69, 9.17) is 0 Å². The van der Waals surface area contributed by atoms with E-state index in [-0.39, 0.29) is 18.4 Å². The van der Waals surface area contributed by atoms with Crippen LogP contribution >= 0.6 is 0 Å². The Morgan fingerprint density at radius 1 is 1.33 bits per heavy atom. The maximum Gasteiger partial charge on any atom is 0.308 e. The zero-order valence-electron chi connectivity index (χ0n) is 13.1. The second kappa shape index (κ2) is 5.87. The fourth-order valence-electron chi connectivity index (χ4n) is 3.17. The molecule has 2 rings (SSSR count). The van der Waals surface area contributed by atoms with Gasteiger partial charge in [-0.05, 0) is 33.1 Å². The molecule has 1 aromatic heterocycles. The summed E-state index contributed by atoms with van der Waals surface area (Å²) in [5.41, 5.74) is 2.18. The Hall–Kier alpha value is -1.85. The second-order valence-corrected chi connectivity index (χ2v) is 5.95. The summed E-state index contributed by atoms with van der Waals surface area (Å²) in [6.07, 6.45) is 0.630. The Balaban J connectivity index is 2.27. The molecule has 2 unspecified atom stereocenters. The molecule has 2 atom stereocenters. The minimum Gasteiger partial charge on any atom is -0.481 e. The average Bonchev–Trinajstić information content (AvgIpc) is 2.71. The number of hydrogen-bond donors (Lipinski definition) is 1. The van der Waals surface area contributed by atoms with Gasteiger partial charge in [0, 0.05) is 25.3 Å². The molecule has 6 nitrogen and oxygen atoms in total. The van der Waals surface area contributed by atoms with Crippen LogP contribution in [0.25, 0.3) is 0 Å². The summed E-state index contributed by atoms with van der Waals surface area (Å²) < 4.78 is 1.81. The van der Waals surface area contributed by atoms with E-state index in [1.807, 2.05) is 32.4 Å². The molecule has 0 saturated carbocycles. The van der Waals surface area contributed by atoms with Gasteiger partial charge in [-0.3, -0.25) is 14.3 Å². The topological polar surface area (TPSA) is 75.4 Å². The van der Waals surface area contributed by atoms with Crippen LogP contribution in [0.3, 0.4) is 0 Å². The molecule has 2 heterocycles. The molecule has 1 aliphatic heterocycles. The number of carbonyl (C=O) groups excluding carboxylic acids is 1. The molecule has 1 amide bonds. The molecule has 1 saturated heterocycles. The first kappa shape index (κ1) is 15.5. The number of rotatable bonds is 3. The van der Waals surface area contributed by atoms with E-state index in [1.165, 1.54) is 0 Å². The molecule has 21 heavy (non-hydrogen) atoms. The lowest BCUT2D eigenvalue weighted by molar-refractivity contribution is -0.143. The van der Waals surface area contributed by atoms with E-state index in [9.17, 15) is 14.7 Å². The minimum absolute atomic E-state index is 0.0949. The molecule has 1 fully saturated rings. The van der Waals surface area contributed by atoms with E-state index in [0.29, 0.717) is 30.8 Å². The molecule has 1 N–H and O–H groups in total. The number of nitrogens with zero attached hydrogens (tertiary/aromatic N) is 3. The van der Waals surface area contributed by atoms with Gasteiger partial charge in [-0.25, -0.2) is 0 Å². The minimum atomic E-state index is -0.822. The molecular weight excluding hydrogens is 270 g/mol. The van der Waals surface area contributed by atoms with Gasteiger partial charge in [0.05, 0.1) is 17.2 Å². The molecule has 6 heteroatoms. The van der Waals surface area contributed by atoms with Crippen LogP contribution in [0.2, 0.25) is 0 Å². The first-order chi connectivity index (χ1) is 9.85. The van der Waals surface area contributed by atoms with Crippen LogP contribution in [0, 0.1) is 25.7 Å². The molecule has 1 aromatic rings. The summed E-state index contributed by atoms with van der Waals surface area (Å²) in [6, 6.07) is 0. The lowest BCUT2D eigenvalue weighted by atomic mass is 9.90. The monoisotopic (exact) mass is 293 g/mol. The standard InChI is InChI=1S/C15H23N3O3/c1-5-18-11(4)13(10(3)16-18)14(19)17-7-9(2)6-12(8-17)15(20)21/h9,12H,5-8H2,1-4H3,(H,20,21). The third-order valence-electron chi connectivity index (χ3n) is 4.19. The number of aliphatic carboxylic acids is 1. The van der Waals surface area contributed by atoms with Gasteiger partial charge in [0.15, 0.2) is 0 Å². The molecule has 0 aromatic carbocycles. The van der Waals surface area contributed by atoms with E-state index in [1.54, 1.807) is 4.90 Å². The quantitative estimate of drug-likeness (QED) is 0.920. The van der Waals surface area contributed by atoms with Gasteiger partial charge >= 0.3 is 5.97 Å². The molecule has 0 aliphatic carbocycles. The lowest BCUT2D eigenvalue weighted by Crippen LogP contribution is -2.45. The highest BCUT2D eigenvalue weighted by Crippen LogP contribution is 2.25. The largest absolute Gasteiger partial charge is 0.481 e. The van der Waals surface area contributed by atoms with Gasteiger partial charge < -0.3 is 10.0 Å². The van der Waals surface area contributed by atoms with Crippen molar-refractivity contribution in [3.63, 3.8) is 0 Å². The molecule has 0 spiro atoms. The number of carboxylic acid groups (broad SMARTS) is 1. The Labute approximate surface area is 124 Å². The number of carbonyl (C=O) groups is 2. The second-order valence-electron chi connectivity index (χ2n) is 5.95. The summed E-state index contributed by atoms with van der Waals surface area (Å²) in [7, 11) is 0. The smallest absolute Gasteiger partial charge is 0.308 e. The van der Waals surface area contributed by atoms with Gasteiger partial charge in [0.2, 0.25) is 0 Å². The van der Waals surface area contributed by atoms with Crippen molar-refractivity contribution in [1.29, 1.82) is 0 Å². The first-order valence-electron chi connectivity index (χ1n) is 7.41. The number of aromatic nitrogens is 2. The van der Waals surface area contributed by atoms with Gasteiger partial charge in [0.1, 0.15) is 0 Å². The molecule has 0 bridgehead atoms. The third-order valence-corrected chi connectivity index (χ3v) is 4.19. The first-order valence-corrected chi connectivity index (χ1v) is 7.41. The number of carboxylic acids is 1. The molecule has 1 aliphatic rings. The van der Waals surface area contributed by atoms with Crippen molar-refractivity contribution in [3.05, 3.63) is 17.0 Å². The fourth-order valence-corrected chi connectivity index (χ4v) is 3.17. The number of likely N-dealkylation sites (tertiary alicyclic amines) is 1. The van der Waals surface area contributed by atoms with E-state index < -0.39 is 11.9 Å². The highest BCUT2D eigenvalue weighted by molar-refractivity contribution is 5.96. The van der Waals surface area contributed by atoms with E-state index in [2.05, 4.69) is 5.10 Å². The number of amides is 1. The molecular formula is C15H23N3O3. The van der Waals surface area contributed by atoms with Crippen molar-refractivity contribution in [1.82, 2.24) is 14.7 Å². The SMILES string of the molecule is CCn1nc(C)c(C(=O)N2CC(C)CC(C(=O)O)C2)c1C. The Bertz CT molecular complexity index is 565. The van der Waals surface area contributed by atoms with Crippen molar-refractivity contribution >= 4 is 11.9 Å². The summed E-state index contributed by atoms with van der Waals surface area (Å²) in [6.45, 7) is 9.30. The molecule has 0 radical (unpaired) electrons. The number of hydrogen-bond acceptors (Lipinski definition) is 3. The van der Waals surface area contributed by atoms with Gasteiger partial charge in [-0.1, -0.05) is 6.92 Å². The van der Waals surface area contributed by atoms with Gasteiger partial charge in [0.25, 0.3) is 5.91 Å². The third kappa shape index (κ3) is 2.94. The Morgan fingerprint density at radius 3 is 2.52 bits per heavy atom. The Morgan fingerprint density at radius 2 is 2.00 bits per heavy atom. The predicted molar refractivity (Wildman–Crippen MR) is 78.2 cm³/mol. The van der Waals surface area contributed by atoms with Gasteiger partial charge in [-0.15, -0.1) is 0 Å². The van der Waals surface area contributed by atoms with E-state index >= 15 is 0 Å². The van der Waals surface area contributed by atoms with Crippen LogP contribution < -0.4 is 0 Å². The van der Waals surface area contributed by atoms with Crippen molar-refractivity contribution in [2.24, 2.45) is 11.8 Å². The van der Waals surface area contributed by atoms with Crippen LogP contribution in [0.15, 0.2) is 0 Å². The lowest BCUT2D eigenvalue weighted by Gasteiger charge is -2.34. The van der Waals surface area contributed by atoms with Crippen molar-refractivity contribution in [3.8, 4) is 0 Å². The van der Waals surface area contributed by atoms with Crippen LogP contribution in [-0.4, -0.2) is 44.8 Å². The summed E-state index contributed by atoms with van der Waals surface area (Å²) in [4.78, 5) is 25.7. The zero-order valence-corrected chi connectivity index (χ0v) is 13.1. The van der Waals surface area contributed by atoms with Crippen molar-refractivity contribution in [2.75, 3.05) is 13.1 Å². The van der Waals surface area contributed by atoms with Gasteiger partial charge in [-0.2, -0.15) is 5.10 Å². The van der Waals surface area contributed by atoms with Crippen molar-refractivity contribution < 1.29 is 14.7 Å². The van der Waals surface area contributed by atoms with Crippen LogP contribution in [0.4, 0.5) is 0 Å². The zero-order chi connectivity index (χ0) is 15.7. The maximum absolute atomic E-state index is 12.8. The summed E-state index contributed by atoms with van der Waals surface area (Å²) in [5, 5.41) is 13.6. The average molecular weight is 293 g/mol. The maximum atomic E-state index is 12.8. The highest BCUT2D eigenvalue weighted by atomic mass is 16.4. The van der Waals surface area contributed by atoms with E-state index in [0.717, 1.165) is 5.69 Å². The van der Waals surface area contributed by atoms with Crippen LogP contribution in [0.1, 0.15) is 42.0 Å². The Kier molecular flexibility index (Phi) is 4.34. The normalized spacial score (nSPS) is 22.4. The van der Waals surface area contributed by atoms with Crippen LogP contribution in [0.5, 0.6) is 0 Å². The number of piperidine rings is 1. The number of aryl methyl sites for hydroxylation is 2. The summed E-state index contributed by atoms with van der Waals surface area (Å²) in [5.74, 6) is -1.19. The predicted octanol–water partition coefficient (Wildman–Crippen LogP) is 1.70. The fraction of sp³-hybridized carbons (Fsp3) is 0.667. The highest BCUT2D eigenvalue weighted by Gasteiger charge is 2.33. The molecule has 116 valence electrons. The van der Waals surface area contributed by atoms with Crippen molar-refractivity contribution in [2.45, 2.75) is 40.7 Å².